The Labute approximate surface area is 97.7 Å². The first kappa shape index (κ1) is 11.0. The number of nitrogens with zero attached hydrogens (tertiary/aromatic N) is 1. The lowest BCUT2D eigenvalue weighted by atomic mass is 10.2. The molecule has 0 saturated carbocycles. The Hall–Kier alpha value is -1.55. The van der Waals surface area contributed by atoms with Crippen LogP contribution in [0, 0.1) is 11.9 Å². The number of hydrogen-bond donors (Lipinski definition) is 1. The van der Waals surface area contributed by atoms with Crippen molar-refractivity contribution < 1.29 is 4.39 Å². The van der Waals surface area contributed by atoms with Crippen LogP contribution in [0.3, 0.4) is 0 Å². The highest BCUT2D eigenvalue weighted by atomic mass is 32.2. The summed E-state index contributed by atoms with van der Waals surface area (Å²) >= 11 is 1.56. The summed E-state index contributed by atoms with van der Waals surface area (Å²) in [5.41, 5.74) is 6.57. The molecule has 0 fully saturated rings. The molecule has 81 valence electrons. The molecule has 2 nitrogen and oxygen atoms in total. The monoisotopic (exact) mass is 233 g/mol. The molecule has 1 radical (unpaired) electrons. The van der Waals surface area contributed by atoms with Crippen molar-refractivity contribution in [3.8, 4) is 0 Å². The van der Waals surface area contributed by atoms with Crippen molar-refractivity contribution in [3.05, 3.63) is 53.8 Å². The minimum absolute atomic E-state index is 0.217. The zero-order valence-electron chi connectivity index (χ0n) is 8.48. The summed E-state index contributed by atoms with van der Waals surface area (Å²) in [6, 6.07) is 12.8. The van der Waals surface area contributed by atoms with Crippen LogP contribution in [0.15, 0.2) is 41.4 Å². The van der Waals surface area contributed by atoms with E-state index in [0.29, 0.717) is 5.82 Å². The lowest BCUT2D eigenvalue weighted by molar-refractivity contribution is 0.627. The van der Waals surface area contributed by atoms with Gasteiger partial charge >= 0.3 is 0 Å². The minimum atomic E-state index is -0.217. The van der Waals surface area contributed by atoms with Gasteiger partial charge in [0.05, 0.1) is 5.03 Å². The number of rotatable bonds is 3. The first-order valence-electron chi connectivity index (χ1n) is 4.75. The minimum Gasteiger partial charge on any atom is -0.383 e. The SMILES string of the molecule is Nc1[c]ccc(SCc2ccc(F)cc2)n1. The van der Waals surface area contributed by atoms with Gasteiger partial charge in [0.2, 0.25) is 0 Å². The molecule has 2 N–H and O–H groups in total. The van der Waals surface area contributed by atoms with Crippen LogP contribution in [0.1, 0.15) is 5.56 Å². The van der Waals surface area contributed by atoms with E-state index in [1.54, 1.807) is 30.0 Å². The first-order chi connectivity index (χ1) is 7.74. The molecule has 4 heteroatoms. The predicted molar refractivity (Wildman–Crippen MR) is 63.4 cm³/mol. The van der Waals surface area contributed by atoms with Crippen LogP contribution in [0.25, 0.3) is 0 Å². The summed E-state index contributed by atoms with van der Waals surface area (Å²) in [5, 5.41) is 0.848. The first-order valence-corrected chi connectivity index (χ1v) is 5.74. The molecule has 0 amide bonds. The Morgan fingerprint density at radius 2 is 2.00 bits per heavy atom. The fourth-order valence-electron chi connectivity index (χ4n) is 1.20. The molecule has 0 aliphatic carbocycles. The van der Waals surface area contributed by atoms with Gasteiger partial charge in [0, 0.05) is 11.8 Å². The van der Waals surface area contributed by atoms with Gasteiger partial charge in [0.1, 0.15) is 11.6 Å². The molecular formula is C12H10FN2S. The standard InChI is InChI=1S/C12H10FN2S/c13-10-6-4-9(5-7-10)8-16-12-3-1-2-11(14)15-12/h1,3-7H,8H2,(H2,14,15). The second kappa shape index (κ2) is 4.99. The molecule has 2 aromatic rings. The van der Waals surface area contributed by atoms with Crippen molar-refractivity contribution in [2.75, 3.05) is 5.73 Å². The molecule has 0 aliphatic rings. The van der Waals surface area contributed by atoms with Gasteiger partial charge in [0.25, 0.3) is 0 Å². The van der Waals surface area contributed by atoms with E-state index in [-0.39, 0.29) is 5.82 Å². The highest BCUT2D eigenvalue weighted by molar-refractivity contribution is 7.98. The van der Waals surface area contributed by atoms with E-state index in [2.05, 4.69) is 11.1 Å². The van der Waals surface area contributed by atoms with Crippen LogP contribution in [-0.2, 0) is 5.75 Å². The molecule has 1 heterocycles. The van der Waals surface area contributed by atoms with Crippen molar-refractivity contribution >= 4 is 17.6 Å². The Morgan fingerprint density at radius 3 is 2.69 bits per heavy atom. The van der Waals surface area contributed by atoms with Gasteiger partial charge in [-0.05, 0) is 29.8 Å². The number of hydrogen-bond acceptors (Lipinski definition) is 3. The summed E-state index contributed by atoms with van der Waals surface area (Å²) in [6.07, 6.45) is 0. The van der Waals surface area contributed by atoms with Gasteiger partial charge in [0.15, 0.2) is 0 Å². The van der Waals surface area contributed by atoms with E-state index in [4.69, 9.17) is 5.73 Å². The highest BCUT2D eigenvalue weighted by Gasteiger charge is 1.98. The zero-order valence-corrected chi connectivity index (χ0v) is 9.30. The van der Waals surface area contributed by atoms with Gasteiger partial charge in [-0.2, -0.15) is 0 Å². The average molecular weight is 233 g/mol. The molecular weight excluding hydrogens is 223 g/mol. The Kier molecular flexibility index (Phi) is 3.41. The number of thioether (sulfide) groups is 1. The number of nitrogens with two attached hydrogens (primary N) is 1. The Balaban J connectivity index is 1.99. The van der Waals surface area contributed by atoms with E-state index < -0.39 is 0 Å². The zero-order chi connectivity index (χ0) is 11.4. The molecule has 2 rings (SSSR count). The molecule has 0 spiro atoms. The largest absolute Gasteiger partial charge is 0.383 e. The van der Waals surface area contributed by atoms with Gasteiger partial charge in [-0.25, -0.2) is 9.37 Å². The quantitative estimate of drug-likeness (QED) is 0.828. The molecule has 1 aromatic heterocycles. The van der Waals surface area contributed by atoms with E-state index in [1.807, 2.05) is 6.07 Å². The Morgan fingerprint density at radius 1 is 1.25 bits per heavy atom. The smallest absolute Gasteiger partial charge is 0.132 e. The number of halogens is 1. The molecule has 1 aromatic carbocycles. The fourth-order valence-corrected chi connectivity index (χ4v) is 2.04. The van der Waals surface area contributed by atoms with Crippen molar-refractivity contribution in [3.63, 3.8) is 0 Å². The number of benzene rings is 1. The summed E-state index contributed by atoms with van der Waals surface area (Å²) in [6.45, 7) is 0. The lowest BCUT2D eigenvalue weighted by Gasteiger charge is -2.01. The molecule has 0 aliphatic heterocycles. The van der Waals surface area contributed by atoms with E-state index >= 15 is 0 Å². The Bertz CT molecular complexity index is 471. The van der Waals surface area contributed by atoms with Crippen molar-refractivity contribution in [2.45, 2.75) is 10.8 Å². The van der Waals surface area contributed by atoms with E-state index in [9.17, 15) is 4.39 Å². The van der Waals surface area contributed by atoms with E-state index in [0.717, 1.165) is 16.3 Å². The average Bonchev–Trinajstić information content (AvgIpc) is 2.28. The van der Waals surface area contributed by atoms with Crippen LogP contribution < -0.4 is 5.73 Å². The van der Waals surface area contributed by atoms with Crippen molar-refractivity contribution in [2.24, 2.45) is 0 Å². The van der Waals surface area contributed by atoms with Crippen LogP contribution in [0.2, 0.25) is 0 Å². The third-order valence-corrected chi connectivity index (χ3v) is 2.99. The maximum Gasteiger partial charge on any atom is 0.132 e. The summed E-state index contributed by atoms with van der Waals surface area (Å²) in [4.78, 5) is 4.12. The molecule has 0 atom stereocenters. The number of pyridine rings is 1. The molecule has 16 heavy (non-hydrogen) atoms. The third-order valence-electron chi connectivity index (χ3n) is 1.99. The van der Waals surface area contributed by atoms with Crippen molar-refractivity contribution in [1.29, 1.82) is 0 Å². The summed E-state index contributed by atoms with van der Waals surface area (Å²) < 4.78 is 12.7. The maximum absolute atomic E-state index is 12.7. The van der Waals surface area contributed by atoms with E-state index in [1.165, 1.54) is 12.1 Å². The van der Waals surface area contributed by atoms with Crippen LogP contribution in [-0.4, -0.2) is 4.98 Å². The predicted octanol–water partition coefficient (Wildman–Crippen LogP) is 2.90. The summed E-state index contributed by atoms with van der Waals surface area (Å²) in [7, 11) is 0. The number of nitrogen functional groups attached to an aromatic ring is 1. The topological polar surface area (TPSA) is 38.9 Å². The molecule has 0 bridgehead atoms. The molecule has 0 saturated heterocycles. The number of aromatic nitrogens is 1. The van der Waals surface area contributed by atoms with Crippen LogP contribution in [0.5, 0.6) is 0 Å². The van der Waals surface area contributed by atoms with Crippen molar-refractivity contribution in [1.82, 2.24) is 4.98 Å². The second-order valence-electron chi connectivity index (χ2n) is 3.23. The van der Waals surface area contributed by atoms with Crippen LogP contribution >= 0.6 is 11.8 Å². The highest BCUT2D eigenvalue weighted by Crippen LogP contribution is 2.21. The maximum atomic E-state index is 12.7. The summed E-state index contributed by atoms with van der Waals surface area (Å²) in [5.74, 6) is 0.922. The fraction of sp³-hybridized carbons (Fsp3) is 0.0833. The van der Waals surface area contributed by atoms with Gasteiger partial charge < -0.3 is 5.73 Å². The third kappa shape index (κ3) is 2.97. The lowest BCUT2D eigenvalue weighted by Crippen LogP contribution is -1.91. The normalized spacial score (nSPS) is 10.3. The van der Waals surface area contributed by atoms with Crippen LogP contribution in [0.4, 0.5) is 10.2 Å². The second-order valence-corrected chi connectivity index (χ2v) is 4.22. The molecule has 0 unspecified atom stereocenters. The number of anilines is 1. The van der Waals surface area contributed by atoms with Gasteiger partial charge in [-0.3, -0.25) is 0 Å². The van der Waals surface area contributed by atoms with Gasteiger partial charge in [-0.1, -0.05) is 12.1 Å². The van der Waals surface area contributed by atoms with Gasteiger partial charge in [-0.15, -0.1) is 11.8 Å².